The van der Waals surface area contributed by atoms with E-state index in [2.05, 4.69) is 20.2 Å². The Morgan fingerprint density at radius 1 is 1.13 bits per heavy atom. The van der Waals surface area contributed by atoms with Crippen molar-refractivity contribution >= 4 is 11.7 Å². The molecule has 0 aliphatic carbocycles. The van der Waals surface area contributed by atoms with Gasteiger partial charge in [0.1, 0.15) is 17.8 Å². The third-order valence-electron chi connectivity index (χ3n) is 8.27. The number of piperidine rings is 1. The number of hydrogen-bond acceptors (Lipinski definition) is 7. The summed E-state index contributed by atoms with van der Waals surface area (Å²) >= 11 is 0. The van der Waals surface area contributed by atoms with E-state index in [0.29, 0.717) is 67.9 Å². The molecule has 3 atom stereocenters. The summed E-state index contributed by atoms with van der Waals surface area (Å²) < 4.78 is 50.7. The van der Waals surface area contributed by atoms with Gasteiger partial charge in [0.05, 0.1) is 18.3 Å². The summed E-state index contributed by atoms with van der Waals surface area (Å²) in [6.45, 7) is 5.64. The van der Waals surface area contributed by atoms with Crippen molar-refractivity contribution in [1.82, 2.24) is 20.2 Å². The van der Waals surface area contributed by atoms with Gasteiger partial charge in [-0.1, -0.05) is 18.2 Å². The maximum atomic E-state index is 13.5. The highest BCUT2D eigenvalue weighted by Gasteiger charge is 2.34. The van der Waals surface area contributed by atoms with Gasteiger partial charge in [0.15, 0.2) is 0 Å². The topological polar surface area (TPSA) is 79.8 Å². The quantitative estimate of drug-likeness (QED) is 0.590. The van der Waals surface area contributed by atoms with Crippen molar-refractivity contribution in [1.29, 1.82) is 0 Å². The lowest BCUT2D eigenvalue weighted by Crippen LogP contribution is -2.54. The van der Waals surface area contributed by atoms with E-state index in [-0.39, 0.29) is 24.0 Å². The fraction of sp³-hybridized carbons (Fsp3) is 0.607. The first kappa shape index (κ1) is 27.8. The minimum absolute atomic E-state index is 0.0409. The number of likely N-dealkylation sites (tertiary alicyclic amines) is 1. The molecule has 3 aliphatic rings. The number of ether oxygens (including phenoxy) is 2. The molecule has 3 unspecified atom stereocenters. The zero-order chi connectivity index (χ0) is 27.6. The lowest BCUT2D eigenvalue weighted by molar-refractivity contribution is -0.137. The number of alkyl halides is 3. The van der Waals surface area contributed by atoms with E-state index >= 15 is 0 Å². The molecule has 8 nitrogen and oxygen atoms in total. The number of nitrogens with zero attached hydrogens (tertiary/aromatic N) is 4. The second kappa shape index (κ2) is 11.8. The average molecular weight is 548 g/mol. The van der Waals surface area contributed by atoms with Crippen molar-refractivity contribution in [2.24, 2.45) is 0 Å². The fourth-order valence-electron chi connectivity index (χ4n) is 6.01. The first-order valence-electron chi connectivity index (χ1n) is 13.6. The standard InChI is InChI=1S/C28H36F3N5O3/c1-18-25(27(37)35-11-7-22(8-12-35)34-23-9-13-39-16-24(23)38-2)32-17-33-26(18)36-10-6-20(15-36)19-4-3-5-21(14-19)28(29,30)31/h3-5,14,17,20,22-24,34H,6-13,15-16H2,1-2H3. The molecule has 11 heteroatoms. The zero-order valence-corrected chi connectivity index (χ0v) is 22.4. The molecule has 39 heavy (non-hydrogen) atoms. The van der Waals surface area contributed by atoms with Crippen LogP contribution < -0.4 is 10.2 Å². The molecule has 3 fully saturated rings. The first-order chi connectivity index (χ1) is 18.7. The molecule has 1 aromatic carbocycles. The summed E-state index contributed by atoms with van der Waals surface area (Å²) in [6, 6.07) is 6.12. The van der Waals surface area contributed by atoms with E-state index in [1.807, 2.05) is 11.8 Å². The van der Waals surface area contributed by atoms with Crippen LogP contribution in [0.3, 0.4) is 0 Å². The summed E-state index contributed by atoms with van der Waals surface area (Å²) in [5, 5.41) is 3.71. The molecular weight excluding hydrogens is 511 g/mol. The van der Waals surface area contributed by atoms with Gasteiger partial charge in [0, 0.05) is 63.5 Å². The van der Waals surface area contributed by atoms with Crippen LogP contribution in [0.1, 0.15) is 58.8 Å². The van der Waals surface area contributed by atoms with Crippen molar-refractivity contribution in [2.45, 2.75) is 62.9 Å². The van der Waals surface area contributed by atoms with Crippen LogP contribution in [-0.2, 0) is 15.7 Å². The summed E-state index contributed by atoms with van der Waals surface area (Å²) in [5.41, 5.74) is 1.13. The minimum atomic E-state index is -4.37. The lowest BCUT2D eigenvalue weighted by atomic mass is 9.96. The highest BCUT2D eigenvalue weighted by atomic mass is 19.4. The molecule has 1 aromatic heterocycles. The first-order valence-corrected chi connectivity index (χ1v) is 13.6. The third-order valence-corrected chi connectivity index (χ3v) is 8.27. The normalized spacial score (nSPS) is 24.8. The van der Waals surface area contributed by atoms with Crippen LogP contribution in [-0.4, -0.2) is 85.5 Å². The molecule has 0 saturated carbocycles. The zero-order valence-electron chi connectivity index (χ0n) is 22.4. The van der Waals surface area contributed by atoms with Gasteiger partial charge >= 0.3 is 6.18 Å². The molecule has 5 rings (SSSR count). The van der Waals surface area contributed by atoms with Crippen LogP contribution in [0.15, 0.2) is 30.6 Å². The molecular formula is C28H36F3N5O3. The van der Waals surface area contributed by atoms with Gasteiger partial charge in [0.25, 0.3) is 5.91 Å². The number of halogens is 3. The fourth-order valence-corrected chi connectivity index (χ4v) is 6.01. The van der Waals surface area contributed by atoms with E-state index in [1.165, 1.54) is 18.5 Å². The van der Waals surface area contributed by atoms with Gasteiger partial charge in [-0.3, -0.25) is 4.79 Å². The molecule has 0 spiro atoms. The van der Waals surface area contributed by atoms with Crippen LogP contribution in [0.5, 0.6) is 0 Å². The third kappa shape index (κ3) is 6.20. The minimum Gasteiger partial charge on any atom is -0.379 e. The number of carbonyl (C=O) groups excluding carboxylic acids is 1. The second-order valence-corrected chi connectivity index (χ2v) is 10.7. The number of benzene rings is 1. The van der Waals surface area contributed by atoms with Crippen LogP contribution in [0.4, 0.5) is 19.0 Å². The lowest BCUT2D eigenvalue weighted by Gasteiger charge is -2.38. The molecule has 2 aromatic rings. The van der Waals surface area contributed by atoms with Gasteiger partial charge in [-0.2, -0.15) is 13.2 Å². The van der Waals surface area contributed by atoms with Crippen molar-refractivity contribution < 1.29 is 27.4 Å². The monoisotopic (exact) mass is 547 g/mol. The maximum Gasteiger partial charge on any atom is 0.416 e. The van der Waals surface area contributed by atoms with Gasteiger partial charge in [-0.25, -0.2) is 9.97 Å². The van der Waals surface area contributed by atoms with Crippen molar-refractivity contribution in [3.05, 3.63) is 53.0 Å². The number of nitrogens with one attached hydrogen (secondary N) is 1. The Morgan fingerprint density at radius 2 is 1.92 bits per heavy atom. The molecule has 3 saturated heterocycles. The Bertz CT molecular complexity index is 1160. The predicted octanol–water partition coefficient (Wildman–Crippen LogP) is 3.80. The highest BCUT2D eigenvalue weighted by molar-refractivity contribution is 5.94. The smallest absolute Gasteiger partial charge is 0.379 e. The molecule has 1 N–H and O–H groups in total. The number of carbonyl (C=O) groups is 1. The SMILES string of the molecule is COC1COCCC1NC1CCN(C(=O)c2ncnc(N3CCC(c4cccc(C(F)(F)F)c4)C3)c2C)CC1. The second-order valence-electron chi connectivity index (χ2n) is 10.7. The van der Waals surface area contributed by atoms with Crippen molar-refractivity contribution in [3.63, 3.8) is 0 Å². The van der Waals surface area contributed by atoms with Gasteiger partial charge < -0.3 is 24.6 Å². The number of methoxy groups -OCH3 is 1. The van der Waals surface area contributed by atoms with E-state index < -0.39 is 11.7 Å². The van der Waals surface area contributed by atoms with Gasteiger partial charge in [-0.05, 0) is 44.2 Å². The van der Waals surface area contributed by atoms with E-state index in [9.17, 15) is 18.0 Å². The Morgan fingerprint density at radius 3 is 2.67 bits per heavy atom. The molecule has 4 heterocycles. The largest absolute Gasteiger partial charge is 0.416 e. The summed E-state index contributed by atoms with van der Waals surface area (Å²) in [5.74, 6) is 0.523. The van der Waals surface area contributed by atoms with Crippen LogP contribution in [0.25, 0.3) is 0 Å². The number of hydrogen-bond donors (Lipinski definition) is 1. The molecule has 1 amide bonds. The number of aromatic nitrogens is 2. The summed E-state index contributed by atoms with van der Waals surface area (Å²) in [6.07, 6.45) is 0.408. The molecule has 3 aliphatic heterocycles. The Hall–Kier alpha value is -2.76. The van der Waals surface area contributed by atoms with E-state index in [1.54, 1.807) is 13.2 Å². The summed E-state index contributed by atoms with van der Waals surface area (Å²) in [7, 11) is 1.71. The maximum absolute atomic E-state index is 13.5. The van der Waals surface area contributed by atoms with Crippen molar-refractivity contribution in [2.75, 3.05) is 51.4 Å². The summed E-state index contributed by atoms with van der Waals surface area (Å²) in [4.78, 5) is 26.1. The van der Waals surface area contributed by atoms with Crippen LogP contribution >= 0.6 is 0 Å². The average Bonchev–Trinajstić information content (AvgIpc) is 3.43. The highest BCUT2D eigenvalue weighted by Crippen LogP contribution is 2.35. The Kier molecular flexibility index (Phi) is 8.39. The van der Waals surface area contributed by atoms with Gasteiger partial charge in [-0.15, -0.1) is 0 Å². The van der Waals surface area contributed by atoms with E-state index in [4.69, 9.17) is 9.47 Å². The van der Waals surface area contributed by atoms with Crippen molar-refractivity contribution in [3.8, 4) is 0 Å². The van der Waals surface area contributed by atoms with Crippen LogP contribution in [0.2, 0.25) is 0 Å². The van der Waals surface area contributed by atoms with E-state index in [0.717, 1.165) is 31.9 Å². The molecule has 212 valence electrons. The Balaban J connectivity index is 1.21. The Labute approximate surface area is 226 Å². The van der Waals surface area contributed by atoms with Gasteiger partial charge in [0.2, 0.25) is 0 Å². The van der Waals surface area contributed by atoms with Crippen LogP contribution in [0, 0.1) is 6.92 Å². The molecule has 0 bridgehead atoms. The number of anilines is 1. The molecule has 0 radical (unpaired) electrons. The predicted molar refractivity (Wildman–Crippen MR) is 140 cm³/mol. The number of rotatable bonds is 6. The number of amides is 1.